The van der Waals surface area contributed by atoms with Crippen molar-refractivity contribution < 1.29 is 4.79 Å². The van der Waals surface area contributed by atoms with E-state index >= 15 is 0 Å². The predicted molar refractivity (Wildman–Crippen MR) is 103 cm³/mol. The van der Waals surface area contributed by atoms with Gasteiger partial charge >= 0.3 is 6.03 Å². The van der Waals surface area contributed by atoms with Crippen molar-refractivity contribution in [2.75, 3.05) is 30.4 Å². The first-order chi connectivity index (χ1) is 12.7. The first-order valence-electron chi connectivity index (χ1n) is 9.24. The van der Waals surface area contributed by atoms with E-state index in [4.69, 9.17) is 0 Å². The zero-order valence-electron chi connectivity index (χ0n) is 15.0. The summed E-state index contributed by atoms with van der Waals surface area (Å²) in [5.74, 6) is 0.927. The number of carbonyl (C=O) groups excluding carboxylic acids is 1. The summed E-state index contributed by atoms with van der Waals surface area (Å²) in [6.07, 6.45) is 9.78. The minimum absolute atomic E-state index is 0.0285. The maximum atomic E-state index is 12.6. The van der Waals surface area contributed by atoms with Crippen LogP contribution in [0.5, 0.6) is 0 Å². The Bertz CT molecular complexity index is 733. The van der Waals surface area contributed by atoms with Crippen LogP contribution in [0.25, 0.3) is 0 Å². The third-order valence-corrected chi connectivity index (χ3v) is 6.36. The number of aromatic nitrogens is 3. The first kappa shape index (κ1) is 17.2. The normalized spacial score (nSPS) is 17.7. The molecule has 0 aromatic carbocycles. The zero-order valence-corrected chi connectivity index (χ0v) is 15.8. The Morgan fingerprint density at radius 1 is 1.31 bits per heavy atom. The van der Waals surface area contributed by atoms with E-state index < -0.39 is 0 Å². The van der Waals surface area contributed by atoms with Crippen LogP contribution in [0.4, 0.5) is 15.7 Å². The quantitative estimate of drug-likeness (QED) is 0.897. The third-order valence-electron chi connectivity index (χ3n) is 5.29. The molecule has 0 spiro atoms. The van der Waals surface area contributed by atoms with E-state index in [0.29, 0.717) is 6.04 Å². The number of nitrogens with zero attached hydrogens (tertiary/aromatic N) is 5. The molecule has 0 saturated carbocycles. The first-order valence-corrected chi connectivity index (χ1v) is 10.1. The number of nitrogens with one attached hydrogen (secondary N) is 1. The molecule has 7 nitrogen and oxygen atoms in total. The summed E-state index contributed by atoms with van der Waals surface area (Å²) < 4.78 is 0. The minimum atomic E-state index is -0.0285. The number of aryl methyl sites for hydroxylation is 2. The number of thiazole rings is 1. The molecule has 138 valence electrons. The molecule has 1 saturated heterocycles. The van der Waals surface area contributed by atoms with Crippen LogP contribution < -0.4 is 10.2 Å². The summed E-state index contributed by atoms with van der Waals surface area (Å²) in [5.41, 5.74) is 1.18. The average molecular weight is 372 g/mol. The van der Waals surface area contributed by atoms with Gasteiger partial charge in [0.25, 0.3) is 0 Å². The Hall–Kier alpha value is -2.22. The highest BCUT2D eigenvalue weighted by atomic mass is 32.1. The van der Waals surface area contributed by atoms with E-state index in [0.717, 1.165) is 49.7 Å². The summed E-state index contributed by atoms with van der Waals surface area (Å²) in [7, 11) is 2.06. The molecule has 2 amide bonds. The number of piperidine rings is 1. The van der Waals surface area contributed by atoms with Gasteiger partial charge in [-0.15, -0.1) is 11.3 Å². The number of amides is 2. The molecule has 0 unspecified atom stereocenters. The van der Waals surface area contributed by atoms with Gasteiger partial charge in [-0.3, -0.25) is 5.32 Å². The number of hydrogen-bond acceptors (Lipinski definition) is 6. The SMILES string of the molecule is CN(c1ccncn1)C1CCN(C(=O)Nc2nc3c(s2)CCCC3)CC1. The highest BCUT2D eigenvalue weighted by molar-refractivity contribution is 7.15. The lowest BCUT2D eigenvalue weighted by molar-refractivity contribution is 0.194. The van der Waals surface area contributed by atoms with Gasteiger partial charge in [-0.25, -0.2) is 19.7 Å². The van der Waals surface area contributed by atoms with Crippen molar-refractivity contribution in [2.45, 2.75) is 44.6 Å². The van der Waals surface area contributed by atoms with Crippen molar-refractivity contribution in [1.82, 2.24) is 19.9 Å². The minimum Gasteiger partial charge on any atom is -0.356 e. The second-order valence-electron chi connectivity index (χ2n) is 6.92. The summed E-state index contributed by atoms with van der Waals surface area (Å²) in [4.78, 5) is 30.9. The van der Waals surface area contributed by atoms with E-state index in [1.54, 1.807) is 23.9 Å². The number of carbonyl (C=O) groups is 1. The smallest absolute Gasteiger partial charge is 0.323 e. The summed E-state index contributed by atoms with van der Waals surface area (Å²) in [6.45, 7) is 1.49. The number of likely N-dealkylation sites (tertiary alicyclic amines) is 1. The molecule has 2 aromatic heterocycles. The van der Waals surface area contributed by atoms with Crippen LogP contribution in [0.1, 0.15) is 36.3 Å². The molecule has 0 atom stereocenters. The largest absolute Gasteiger partial charge is 0.356 e. The van der Waals surface area contributed by atoms with Crippen LogP contribution in [-0.2, 0) is 12.8 Å². The molecule has 1 aliphatic carbocycles. The van der Waals surface area contributed by atoms with Gasteiger partial charge in [0.1, 0.15) is 12.1 Å². The molecule has 1 aliphatic heterocycles. The van der Waals surface area contributed by atoms with Gasteiger partial charge in [-0.05, 0) is 44.6 Å². The second-order valence-corrected chi connectivity index (χ2v) is 8.01. The topological polar surface area (TPSA) is 74.2 Å². The molecular formula is C18H24N6OS. The number of anilines is 2. The summed E-state index contributed by atoms with van der Waals surface area (Å²) in [6, 6.07) is 2.28. The van der Waals surface area contributed by atoms with E-state index in [2.05, 4.69) is 32.2 Å². The van der Waals surface area contributed by atoms with Crippen molar-refractivity contribution in [1.29, 1.82) is 0 Å². The Morgan fingerprint density at radius 2 is 2.12 bits per heavy atom. The maximum absolute atomic E-state index is 12.6. The highest BCUT2D eigenvalue weighted by Crippen LogP contribution is 2.30. The second kappa shape index (κ2) is 7.57. The van der Waals surface area contributed by atoms with Gasteiger partial charge in [0.2, 0.25) is 0 Å². The van der Waals surface area contributed by atoms with Crippen molar-refractivity contribution >= 4 is 28.3 Å². The fraction of sp³-hybridized carbons (Fsp3) is 0.556. The monoisotopic (exact) mass is 372 g/mol. The highest BCUT2D eigenvalue weighted by Gasteiger charge is 2.26. The molecule has 26 heavy (non-hydrogen) atoms. The lowest BCUT2D eigenvalue weighted by Gasteiger charge is -2.37. The van der Waals surface area contributed by atoms with Crippen LogP contribution in [0.2, 0.25) is 0 Å². The summed E-state index contributed by atoms with van der Waals surface area (Å²) in [5, 5.41) is 3.76. The van der Waals surface area contributed by atoms with E-state index in [-0.39, 0.29) is 6.03 Å². The Balaban J connectivity index is 1.31. The van der Waals surface area contributed by atoms with Crippen molar-refractivity contribution in [3.63, 3.8) is 0 Å². The predicted octanol–water partition coefficient (Wildman–Crippen LogP) is 2.94. The molecule has 2 aliphatic rings. The van der Waals surface area contributed by atoms with Gasteiger partial charge in [0.15, 0.2) is 5.13 Å². The van der Waals surface area contributed by atoms with E-state index in [1.807, 2.05) is 11.0 Å². The van der Waals surface area contributed by atoms with Crippen LogP contribution in [0, 0.1) is 0 Å². The molecule has 3 heterocycles. The molecule has 8 heteroatoms. The standard InChI is InChI=1S/C18H24N6OS/c1-23(16-6-9-19-12-20-16)13-7-10-24(11-8-13)18(25)22-17-21-14-4-2-3-5-15(14)26-17/h6,9,12-13H,2-5,7-8,10-11H2,1H3,(H,21,22,25). The van der Waals surface area contributed by atoms with Gasteiger partial charge < -0.3 is 9.80 Å². The Kier molecular flexibility index (Phi) is 5.01. The number of rotatable bonds is 3. The third kappa shape index (κ3) is 3.65. The van der Waals surface area contributed by atoms with Crippen molar-refractivity contribution in [3.8, 4) is 0 Å². The lowest BCUT2D eigenvalue weighted by Crippen LogP contribution is -2.47. The number of hydrogen-bond donors (Lipinski definition) is 1. The van der Waals surface area contributed by atoms with Crippen LogP contribution >= 0.6 is 11.3 Å². The number of fused-ring (bicyclic) bond motifs is 1. The van der Waals surface area contributed by atoms with Crippen LogP contribution in [0.15, 0.2) is 18.6 Å². The number of urea groups is 1. The molecule has 1 N–H and O–H groups in total. The molecular weight excluding hydrogens is 348 g/mol. The van der Waals surface area contributed by atoms with Crippen LogP contribution in [-0.4, -0.2) is 52.1 Å². The lowest BCUT2D eigenvalue weighted by atomic mass is 10.0. The molecule has 4 rings (SSSR count). The molecule has 0 bridgehead atoms. The van der Waals surface area contributed by atoms with Crippen LogP contribution in [0.3, 0.4) is 0 Å². The Labute approximate surface area is 157 Å². The average Bonchev–Trinajstić information content (AvgIpc) is 3.10. The van der Waals surface area contributed by atoms with Gasteiger partial charge in [0, 0.05) is 37.3 Å². The van der Waals surface area contributed by atoms with Crippen molar-refractivity contribution in [3.05, 3.63) is 29.2 Å². The summed E-state index contributed by atoms with van der Waals surface area (Å²) >= 11 is 1.64. The molecule has 1 fully saturated rings. The molecule has 2 aromatic rings. The fourth-order valence-electron chi connectivity index (χ4n) is 3.71. The molecule has 0 radical (unpaired) electrons. The zero-order chi connectivity index (χ0) is 17.9. The van der Waals surface area contributed by atoms with E-state index in [1.165, 1.54) is 23.4 Å². The van der Waals surface area contributed by atoms with Crippen molar-refractivity contribution in [2.24, 2.45) is 0 Å². The van der Waals surface area contributed by atoms with E-state index in [9.17, 15) is 4.79 Å². The van der Waals surface area contributed by atoms with Gasteiger partial charge in [0.05, 0.1) is 5.69 Å². The van der Waals surface area contributed by atoms with Gasteiger partial charge in [-0.1, -0.05) is 0 Å². The maximum Gasteiger partial charge on any atom is 0.323 e. The Morgan fingerprint density at radius 3 is 2.85 bits per heavy atom. The fourth-order valence-corrected chi connectivity index (χ4v) is 4.75. The van der Waals surface area contributed by atoms with Gasteiger partial charge in [-0.2, -0.15) is 0 Å².